The number of aromatic nitrogens is 4. The first-order chi connectivity index (χ1) is 10.1. The zero-order valence-corrected chi connectivity index (χ0v) is 13.6. The van der Waals surface area contributed by atoms with Crippen molar-refractivity contribution in [2.75, 3.05) is 6.54 Å². The molecule has 5 nitrogen and oxygen atoms in total. The fraction of sp³-hybridized carbons (Fsp3) is 0.625. The Balaban J connectivity index is 2.10. The molecule has 21 heavy (non-hydrogen) atoms. The maximum atomic E-state index is 4.42. The van der Waals surface area contributed by atoms with E-state index in [1.165, 1.54) is 5.69 Å². The summed E-state index contributed by atoms with van der Waals surface area (Å²) in [6.07, 6.45) is 4.92. The van der Waals surface area contributed by atoms with Gasteiger partial charge in [0.25, 0.3) is 0 Å². The van der Waals surface area contributed by atoms with E-state index in [1.807, 2.05) is 4.68 Å². The van der Waals surface area contributed by atoms with E-state index in [-0.39, 0.29) is 0 Å². The van der Waals surface area contributed by atoms with Crippen LogP contribution in [0, 0.1) is 5.92 Å². The van der Waals surface area contributed by atoms with E-state index < -0.39 is 0 Å². The molecule has 2 rings (SSSR count). The fourth-order valence-corrected chi connectivity index (χ4v) is 2.49. The van der Waals surface area contributed by atoms with Crippen LogP contribution in [0.3, 0.4) is 0 Å². The van der Waals surface area contributed by atoms with Crippen molar-refractivity contribution < 1.29 is 0 Å². The van der Waals surface area contributed by atoms with Crippen molar-refractivity contribution in [2.45, 2.75) is 53.2 Å². The molecule has 2 aromatic rings. The lowest BCUT2D eigenvalue weighted by molar-refractivity contribution is 0.456. The van der Waals surface area contributed by atoms with Gasteiger partial charge in [-0.25, -0.2) is 9.67 Å². The monoisotopic (exact) mass is 289 g/mol. The van der Waals surface area contributed by atoms with Crippen LogP contribution in [0.1, 0.15) is 51.7 Å². The van der Waals surface area contributed by atoms with Gasteiger partial charge in [0, 0.05) is 24.5 Å². The largest absolute Gasteiger partial charge is 0.342 e. The normalized spacial score (nSPS) is 13.0. The lowest BCUT2D eigenvalue weighted by Crippen LogP contribution is -2.22. The molecule has 0 saturated heterocycles. The third-order valence-corrected chi connectivity index (χ3v) is 3.55. The molecular formula is C16H27N5. The van der Waals surface area contributed by atoms with Crippen molar-refractivity contribution in [3.8, 4) is 0 Å². The molecule has 116 valence electrons. The Kier molecular flexibility index (Phi) is 5.56. The summed E-state index contributed by atoms with van der Waals surface area (Å²) >= 11 is 0. The van der Waals surface area contributed by atoms with E-state index in [1.54, 1.807) is 6.33 Å². The molecule has 0 fully saturated rings. The number of hydrogen-bond acceptors (Lipinski definition) is 3. The molecule has 0 aliphatic heterocycles. The molecule has 0 bridgehead atoms. The standard InChI is InChI=1S/C16H27N5/c1-5-8-17-14(4)15-7-6-9-20(15)11-16-18-12-19-21(16)10-13(2)3/h6-7,9,12-14,17H,5,8,10-11H2,1-4H3. The Morgan fingerprint density at radius 3 is 2.81 bits per heavy atom. The summed E-state index contributed by atoms with van der Waals surface area (Å²) < 4.78 is 4.27. The molecule has 0 radical (unpaired) electrons. The van der Waals surface area contributed by atoms with E-state index in [4.69, 9.17) is 0 Å². The van der Waals surface area contributed by atoms with Crippen LogP contribution in [0.5, 0.6) is 0 Å². The molecule has 1 atom stereocenters. The maximum absolute atomic E-state index is 4.42. The Morgan fingerprint density at radius 1 is 1.29 bits per heavy atom. The highest BCUT2D eigenvalue weighted by Crippen LogP contribution is 2.15. The van der Waals surface area contributed by atoms with Crippen molar-refractivity contribution in [1.29, 1.82) is 0 Å². The third-order valence-electron chi connectivity index (χ3n) is 3.55. The Hall–Kier alpha value is -1.62. The Bertz CT molecular complexity index is 540. The van der Waals surface area contributed by atoms with Crippen LogP contribution in [0.15, 0.2) is 24.7 Å². The predicted octanol–water partition coefficient (Wildman–Crippen LogP) is 2.84. The van der Waals surface area contributed by atoms with Gasteiger partial charge in [-0.3, -0.25) is 0 Å². The molecule has 0 saturated carbocycles. The topological polar surface area (TPSA) is 47.7 Å². The van der Waals surface area contributed by atoms with E-state index >= 15 is 0 Å². The zero-order valence-electron chi connectivity index (χ0n) is 13.6. The van der Waals surface area contributed by atoms with Crippen LogP contribution in [0.4, 0.5) is 0 Å². The minimum atomic E-state index is 0.349. The Morgan fingerprint density at radius 2 is 2.10 bits per heavy atom. The summed E-state index contributed by atoms with van der Waals surface area (Å²) in [5.41, 5.74) is 1.29. The van der Waals surface area contributed by atoms with E-state index in [9.17, 15) is 0 Å². The predicted molar refractivity (Wildman–Crippen MR) is 85.1 cm³/mol. The molecule has 0 aliphatic carbocycles. The molecule has 0 spiro atoms. The third kappa shape index (κ3) is 4.17. The van der Waals surface area contributed by atoms with Gasteiger partial charge < -0.3 is 9.88 Å². The first kappa shape index (κ1) is 15.8. The SMILES string of the molecule is CCCNC(C)c1cccn1Cc1ncnn1CC(C)C. The summed E-state index contributed by atoms with van der Waals surface area (Å²) in [6.45, 7) is 11.5. The first-order valence-electron chi connectivity index (χ1n) is 7.87. The van der Waals surface area contributed by atoms with Crippen LogP contribution < -0.4 is 5.32 Å². The van der Waals surface area contributed by atoms with Gasteiger partial charge in [-0.1, -0.05) is 20.8 Å². The van der Waals surface area contributed by atoms with E-state index in [0.717, 1.165) is 31.9 Å². The number of hydrogen-bond donors (Lipinski definition) is 1. The second-order valence-corrected chi connectivity index (χ2v) is 5.99. The highest BCUT2D eigenvalue weighted by molar-refractivity contribution is 5.12. The lowest BCUT2D eigenvalue weighted by Gasteiger charge is -2.17. The molecule has 0 aliphatic rings. The van der Waals surface area contributed by atoms with E-state index in [2.05, 4.69) is 66.0 Å². The average molecular weight is 289 g/mol. The maximum Gasteiger partial charge on any atom is 0.146 e. The summed E-state index contributed by atoms with van der Waals surface area (Å²) in [5, 5.41) is 7.88. The quantitative estimate of drug-likeness (QED) is 0.813. The molecule has 1 unspecified atom stereocenters. The molecule has 1 N–H and O–H groups in total. The minimum absolute atomic E-state index is 0.349. The van der Waals surface area contributed by atoms with Gasteiger partial charge in [0.1, 0.15) is 12.2 Å². The minimum Gasteiger partial charge on any atom is -0.342 e. The second kappa shape index (κ2) is 7.41. The van der Waals surface area contributed by atoms with Gasteiger partial charge >= 0.3 is 0 Å². The van der Waals surface area contributed by atoms with Gasteiger partial charge in [-0.15, -0.1) is 0 Å². The van der Waals surface area contributed by atoms with Crippen LogP contribution in [-0.2, 0) is 13.1 Å². The van der Waals surface area contributed by atoms with Crippen LogP contribution in [0.25, 0.3) is 0 Å². The first-order valence-corrected chi connectivity index (χ1v) is 7.87. The van der Waals surface area contributed by atoms with Gasteiger partial charge in [0.2, 0.25) is 0 Å². The van der Waals surface area contributed by atoms with Crippen LogP contribution in [-0.4, -0.2) is 25.9 Å². The molecule has 5 heteroatoms. The fourth-order valence-electron chi connectivity index (χ4n) is 2.49. The van der Waals surface area contributed by atoms with Crippen molar-refractivity contribution >= 4 is 0 Å². The van der Waals surface area contributed by atoms with Gasteiger partial charge in [-0.05, 0) is 37.9 Å². The molecule has 2 aromatic heterocycles. The van der Waals surface area contributed by atoms with Gasteiger partial charge in [0.15, 0.2) is 0 Å². The molecule has 0 amide bonds. The van der Waals surface area contributed by atoms with Crippen molar-refractivity contribution in [1.82, 2.24) is 24.6 Å². The average Bonchev–Trinajstić information content (AvgIpc) is 3.06. The van der Waals surface area contributed by atoms with Gasteiger partial charge in [0.05, 0.1) is 6.54 Å². The summed E-state index contributed by atoms with van der Waals surface area (Å²) in [7, 11) is 0. The zero-order chi connectivity index (χ0) is 15.2. The van der Waals surface area contributed by atoms with E-state index in [0.29, 0.717) is 12.0 Å². The highest BCUT2D eigenvalue weighted by atomic mass is 15.3. The molecule has 2 heterocycles. The highest BCUT2D eigenvalue weighted by Gasteiger charge is 2.12. The van der Waals surface area contributed by atoms with Crippen LogP contribution in [0.2, 0.25) is 0 Å². The number of rotatable bonds is 8. The second-order valence-electron chi connectivity index (χ2n) is 5.99. The Labute approximate surface area is 127 Å². The summed E-state index contributed by atoms with van der Waals surface area (Å²) in [5.74, 6) is 1.59. The van der Waals surface area contributed by atoms with Crippen molar-refractivity contribution in [3.05, 3.63) is 36.2 Å². The molecular weight excluding hydrogens is 262 g/mol. The van der Waals surface area contributed by atoms with Crippen LogP contribution >= 0.6 is 0 Å². The summed E-state index contributed by atoms with van der Waals surface area (Å²) in [4.78, 5) is 4.42. The smallest absolute Gasteiger partial charge is 0.146 e. The molecule has 0 aromatic carbocycles. The number of nitrogens with zero attached hydrogens (tertiary/aromatic N) is 4. The summed E-state index contributed by atoms with van der Waals surface area (Å²) in [6, 6.07) is 4.63. The number of nitrogens with one attached hydrogen (secondary N) is 1. The van der Waals surface area contributed by atoms with Gasteiger partial charge in [-0.2, -0.15) is 5.10 Å². The lowest BCUT2D eigenvalue weighted by atomic mass is 10.2. The van der Waals surface area contributed by atoms with Crippen molar-refractivity contribution in [2.24, 2.45) is 5.92 Å². The van der Waals surface area contributed by atoms with Crippen molar-refractivity contribution in [3.63, 3.8) is 0 Å².